The van der Waals surface area contributed by atoms with Crippen molar-refractivity contribution < 1.29 is 37.7 Å². The number of pyridine rings is 1. The highest BCUT2D eigenvalue weighted by Gasteiger charge is 2.77. The van der Waals surface area contributed by atoms with Crippen LogP contribution in [0.2, 0.25) is 0 Å². The van der Waals surface area contributed by atoms with Gasteiger partial charge in [0.05, 0.1) is 23.7 Å². The first kappa shape index (κ1) is 36.6. The number of Topliss-reactive ketones (excluding diaryl/α,β-unsaturated/α-hetero) is 1. The largest absolute Gasteiger partial charge is 0.447 e. The van der Waals surface area contributed by atoms with E-state index in [9.17, 15) is 23.9 Å². The van der Waals surface area contributed by atoms with E-state index in [0.717, 1.165) is 28.1 Å². The molecule has 12 heteroatoms. The number of carbonyl (C=O) groups excluding carboxylic acids is 3. The Hall–Kier alpha value is -3.74. The first-order valence-electron chi connectivity index (χ1n) is 18.0. The predicted octanol–water partition coefficient (Wildman–Crippen LogP) is 6.69. The first-order chi connectivity index (χ1) is 24.8. The zero-order valence-electron chi connectivity index (χ0n) is 29.9. The topological polar surface area (TPSA) is 121 Å². The number of esters is 1. The van der Waals surface area contributed by atoms with Crippen LogP contribution in [0, 0.1) is 28.6 Å². The third kappa shape index (κ3) is 5.42. The summed E-state index contributed by atoms with van der Waals surface area (Å²) in [5.41, 5.74) is -1.23. The molecule has 2 aromatic heterocycles. The number of rotatable bonds is 10. The number of hydrogen-bond acceptors (Lipinski definition) is 9. The molecule has 9 nitrogen and oxygen atoms in total. The Kier molecular flexibility index (Phi) is 9.57. The minimum Gasteiger partial charge on any atom is -0.447 e. The molecule has 0 spiro atoms. The zero-order chi connectivity index (χ0) is 37.1. The van der Waals surface area contributed by atoms with Gasteiger partial charge in [-0.3, -0.25) is 14.6 Å². The molecule has 7 rings (SSSR count). The summed E-state index contributed by atoms with van der Waals surface area (Å²) in [6.45, 7) is 5.09. The summed E-state index contributed by atoms with van der Waals surface area (Å²) in [5.74, 6) is -2.35. The van der Waals surface area contributed by atoms with Crippen LogP contribution in [0.25, 0.3) is 11.8 Å². The normalized spacial score (nSPS) is 33.2. The van der Waals surface area contributed by atoms with Gasteiger partial charge in [0.1, 0.15) is 18.3 Å². The van der Waals surface area contributed by atoms with Gasteiger partial charge in [-0.15, -0.1) is 0 Å². The monoisotopic (exact) mass is 733 g/mol. The summed E-state index contributed by atoms with van der Waals surface area (Å²) in [6, 6.07) is 10.2. The van der Waals surface area contributed by atoms with Crippen LogP contribution in [-0.4, -0.2) is 73.8 Å². The fourth-order valence-electron chi connectivity index (χ4n) is 10.5. The SMILES string of the molecule is COCC(=O)O[C@]1(C(=O)SCF)[C@H](C)C[C@H]2[C@@H]3CCC4=Cc5c(cnn5-c5cccc(C(=O)CCc6cccnc6)c5)C[C@]4(C)[C@@]3(F)[C@@H](O)C[C@@]21C. The number of aliphatic hydroxyl groups is 1. The maximum Gasteiger partial charge on any atom is 0.333 e. The molecule has 0 amide bonds. The summed E-state index contributed by atoms with van der Waals surface area (Å²) >= 11 is 0.451. The molecule has 1 aromatic carbocycles. The Labute approximate surface area is 306 Å². The number of ketones is 1. The van der Waals surface area contributed by atoms with Gasteiger partial charge in [0, 0.05) is 54.2 Å². The second-order valence-corrected chi connectivity index (χ2v) is 16.3. The zero-order valence-corrected chi connectivity index (χ0v) is 30.8. The molecule has 276 valence electrons. The number of aliphatic hydroxyl groups excluding tert-OH is 1. The van der Waals surface area contributed by atoms with Crippen LogP contribution in [0.15, 0.2) is 60.6 Å². The number of alkyl halides is 2. The molecule has 8 atom stereocenters. The van der Waals surface area contributed by atoms with Crippen LogP contribution in [0.4, 0.5) is 8.78 Å². The third-order valence-electron chi connectivity index (χ3n) is 12.9. The second kappa shape index (κ2) is 13.6. The van der Waals surface area contributed by atoms with Crippen molar-refractivity contribution in [1.82, 2.24) is 14.8 Å². The quantitative estimate of drug-likeness (QED) is 0.180. The number of thioether (sulfide) groups is 1. The van der Waals surface area contributed by atoms with Crippen LogP contribution >= 0.6 is 11.8 Å². The molecular weight excluding hydrogens is 689 g/mol. The van der Waals surface area contributed by atoms with Gasteiger partial charge in [-0.05, 0) is 91.6 Å². The molecular formula is C40H45F2N3O6S. The number of methoxy groups -OCH3 is 1. The number of hydrogen-bond donors (Lipinski definition) is 1. The standard InChI is InChI=1S/C40H45F2N3O6S/c1-24-15-31-30-12-11-28-17-32-27(21-44-45(32)29-9-5-8-26(16-29)33(46)13-10-25-7-6-14-43-20-25)18-37(28,2)39(30,42)34(47)19-38(31,3)40(24,36(49)52-23-41)51-35(48)22-50-4/h5-9,14,16-17,20-21,24,30-31,34,47H,10-13,15,18-19,22-23H2,1-4H3/t24-,30+,31+,34+,37+,38+,39+,40+/m1/s1. The number of ether oxygens (including phenoxy) is 2. The third-order valence-corrected chi connectivity index (χ3v) is 13.6. The van der Waals surface area contributed by atoms with Gasteiger partial charge in [0.25, 0.3) is 0 Å². The van der Waals surface area contributed by atoms with E-state index in [1.54, 1.807) is 43.2 Å². The Morgan fingerprint density at radius 1 is 1.13 bits per heavy atom. The highest BCUT2D eigenvalue weighted by molar-refractivity contribution is 8.13. The smallest absolute Gasteiger partial charge is 0.333 e. The predicted molar refractivity (Wildman–Crippen MR) is 192 cm³/mol. The van der Waals surface area contributed by atoms with Crippen molar-refractivity contribution in [2.24, 2.45) is 28.6 Å². The Bertz CT molecular complexity index is 1920. The fourth-order valence-corrected chi connectivity index (χ4v) is 11.3. The number of carbonyl (C=O) groups is 3. The maximum absolute atomic E-state index is 18.4. The van der Waals surface area contributed by atoms with Gasteiger partial charge in [-0.2, -0.15) is 5.10 Å². The van der Waals surface area contributed by atoms with Gasteiger partial charge in [-0.25, -0.2) is 18.3 Å². The molecule has 0 bridgehead atoms. The average molecular weight is 734 g/mol. The van der Waals surface area contributed by atoms with Crippen molar-refractivity contribution >= 4 is 34.7 Å². The highest BCUT2D eigenvalue weighted by Crippen LogP contribution is 2.72. The molecule has 0 radical (unpaired) electrons. The molecule has 3 aromatic rings. The van der Waals surface area contributed by atoms with Crippen LogP contribution in [0.5, 0.6) is 0 Å². The van der Waals surface area contributed by atoms with Crippen LogP contribution in [-0.2, 0) is 31.9 Å². The average Bonchev–Trinajstić information content (AvgIpc) is 3.62. The lowest BCUT2D eigenvalue weighted by molar-refractivity contribution is -0.231. The summed E-state index contributed by atoms with van der Waals surface area (Å²) < 4.78 is 44.8. The van der Waals surface area contributed by atoms with Crippen LogP contribution in [0.3, 0.4) is 0 Å². The van der Waals surface area contributed by atoms with Crippen LogP contribution in [0.1, 0.15) is 80.1 Å². The minimum atomic E-state index is -2.07. The van der Waals surface area contributed by atoms with E-state index in [-0.39, 0.29) is 12.2 Å². The van der Waals surface area contributed by atoms with Crippen molar-refractivity contribution in [2.45, 2.75) is 83.1 Å². The highest BCUT2D eigenvalue weighted by atomic mass is 32.2. The van der Waals surface area contributed by atoms with E-state index < -0.39 is 69.7 Å². The van der Waals surface area contributed by atoms with E-state index >= 15 is 4.39 Å². The molecule has 2 heterocycles. The number of aryl methyl sites for hydroxylation is 1. The molecule has 4 aliphatic rings. The molecule has 3 fully saturated rings. The van der Waals surface area contributed by atoms with Crippen molar-refractivity contribution in [3.8, 4) is 5.69 Å². The summed E-state index contributed by atoms with van der Waals surface area (Å²) in [5, 5.41) is 16.2. The van der Waals surface area contributed by atoms with Gasteiger partial charge in [0.15, 0.2) is 11.4 Å². The van der Waals surface area contributed by atoms with Gasteiger partial charge >= 0.3 is 5.97 Å². The van der Waals surface area contributed by atoms with Crippen molar-refractivity contribution in [2.75, 3.05) is 19.7 Å². The van der Waals surface area contributed by atoms with E-state index in [2.05, 4.69) is 4.98 Å². The number of aromatic nitrogens is 3. The maximum atomic E-state index is 18.4. The summed E-state index contributed by atoms with van der Waals surface area (Å²) in [6.07, 6.45) is 8.15. The van der Waals surface area contributed by atoms with Gasteiger partial charge in [0.2, 0.25) is 5.12 Å². The van der Waals surface area contributed by atoms with E-state index in [1.165, 1.54) is 7.11 Å². The molecule has 0 aliphatic heterocycles. The number of nitrogens with zero attached hydrogens (tertiary/aromatic N) is 3. The van der Waals surface area contributed by atoms with E-state index in [4.69, 9.17) is 14.6 Å². The second-order valence-electron chi connectivity index (χ2n) is 15.5. The Balaban J connectivity index is 1.19. The van der Waals surface area contributed by atoms with Crippen molar-refractivity contribution in [3.63, 3.8) is 0 Å². The fraction of sp³-hybridized carbons (Fsp3) is 0.525. The number of allylic oxidation sites excluding steroid dienone is 1. The lowest BCUT2D eigenvalue weighted by atomic mass is 9.44. The first-order valence-corrected chi connectivity index (χ1v) is 18.9. The van der Waals surface area contributed by atoms with Gasteiger partial charge < -0.3 is 14.6 Å². The minimum absolute atomic E-state index is 0.0114. The lowest BCUT2D eigenvalue weighted by Crippen LogP contribution is -2.70. The molecule has 0 unspecified atom stereocenters. The molecule has 1 N–H and O–H groups in total. The molecule has 4 aliphatic carbocycles. The van der Waals surface area contributed by atoms with Crippen LogP contribution < -0.4 is 0 Å². The van der Waals surface area contributed by atoms with E-state index in [0.29, 0.717) is 55.9 Å². The van der Waals surface area contributed by atoms with Crippen molar-refractivity contribution in [1.29, 1.82) is 0 Å². The number of fused-ring (bicyclic) bond motifs is 6. The number of benzene rings is 1. The Morgan fingerprint density at radius 3 is 2.67 bits per heavy atom. The number of halogens is 2. The molecule has 52 heavy (non-hydrogen) atoms. The van der Waals surface area contributed by atoms with Gasteiger partial charge in [-0.1, -0.05) is 44.5 Å². The summed E-state index contributed by atoms with van der Waals surface area (Å²) in [7, 11) is 1.34. The van der Waals surface area contributed by atoms with Crippen molar-refractivity contribution in [3.05, 3.63) is 82.9 Å². The molecule has 0 saturated heterocycles. The summed E-state index contributed by atoms with van der Waals surface area (Å²) in [4.78, 5) is 44.0. The van der Waals surface area contributed by atoms with E-state index in [1.807, 2.05) is 43.3 Å². The Morgan fingerprint density at radius 2 is 1.94 bits per heavy atom. The molecule has 3 saturated carbocycles. The lowest BCUT2D eigenvalue weighted by Gasteiger charge is -2.63.